The first-order valence-electron chi connectivity index (χ1n) is 5.45. The molecular weight excluding hydrogens is 174 g/mol. The van der Waals surface area contributed by atoms with E-state index in [-0.39, 0.29) is 0 Å². The molecule has 0 fully saturated rings. The standard InChI is InChI=1S/C11H21N3/c1-4-7-12-10(2)5-8-14-9-6-11(3)13-14/h6,9-10,12H,4-5,7-8H2,1-3H3. The van der Waals surface area contributed by atoms with Crippen LogP contribution in [0.2, 0.25) is 0 Å². The number of rotatable bonds is 6. The van der Waals surface area contributed by atoms with Gasteiger partial charge in [0.05, 0.1) is 5.69 Å². The van der Waals surface area contributed by atoms with Crippen LogP contribution in [0.5, 0.6) is 0 Å². The molecule has 3 heteroatoms. The van der Waals surface area contributed by atoms with Crippen LogP contribution in [0.3, 0.4) is 0 Å². The molecule has 3 nitrogen and oxygen atoms in total. The van der Waals surface area contributed by atoms with Gasteiger partial charge < -0.3 is 5.32 Å². The summed E-state index contributed by atoms with van der Waals surface area (Å²) in [6.07, 6.45) is 4.38. The summed E-state index contributed by atoms with van der Waals surface area (Å²) in [5.41, 5.74) is 1.10. The minimum Gasteiger partial charge on any atom is -0.314 e. The van der Waals surface area contributed by atoms with Gasteiger partial charge in [-0.2, -0.15) is 5.10 Å². The van der Waals surface area contributed by atoms with E-state index in [0.29, 0.717) is 6.04 Å². The molecule has 1 unspecified atom stereocenters. The minimum absolute atomic E-state index is 0.583. The minimum atomic E-state index is 0.583. The van der Waals surface area contributed by atoms with Gasteiger partial charge in [0.1, 0.15) is 0 Å². The van der Waals surface area contributed by atoms with Crippen molar-refractivity contribution in [2.75, 3.05) is 6.54 Å². The highest BCUT2D eigenvalue weighted by Gasteiger charge is 2.01. The first-order valence-corrected chi connectivity index (χ1v) is 5.45. The maximum Gasteiger partial charge on any atom is 0.0593 e. The average Bonchev–Trinajstić information content (AvgIpc) is 2.58. The van der Waals surface area contributed by atoms with E-state index in [1.165, 1.54) is 6.42 Å². The molecule has 1 aromatic rings. The Labute approximate surface area is 86.5 Å². The molecular formula is C11H21N3. The molecule has 0 aliphatic rings. The highest BCUT2D eigenvalue weighted by Crippen LogP contribution is 1.97. The van der Waals surface area contributed by atoms with E-state index in [1.807, 2.05) is 23.9 Å². The van der Waals surface area contributed by atoms with Crippen LogP contribution in [-0.4, -0.2) is 22.4 Å². The lowest BCUT2D eigenvalue weighted by Crippen LogP contribution is -2.27. The van der Waals surface area contributed by atoms with Crippen LogP contribution in [-0.2, 0) is 6.54 Å². The molecule has 80 valence electrons. The van der Waals surface area contributed by atoms with Crippen molar-refractivity contribution >= 4 is 0 Å². The predicted molar refractivity (Wildman–Crippen MR) is 59.3 cm³/mol. The molecule has 0 aliphatic carbocycles. The van der Waals surface area contributed by atoms with Crippen molar-refractivity contribution in [2.24, 2.45) is 0 Å². The molecule has 1 rings (SSSR count). The summed E-state index contributed by atoms with van der Waals surface area (Å²) in [7, 11) is 0. The van der Waals surface area contributed by atoms with Crippen LogP contribution >= 0.6 is 0 Å². The smallest absolute Gasteiger partial charge is 0.0593 e. The fourth-order valence-electron chi connectivity index (χ4n) is 1.41. The van der Waals surface area contributed by atoms with Crippen LogP contribution in [0.25, 0.3) is 0 Å². The van der Waals surface area contributed by atoms with Gasteiger partial charge in [-0.3, -0.25) is 4.68 Å². The van der Waals surface area contributed by atoms with Crippen LogP contribution < -0.4 is 5.32 Å². The summed E-state index contributed by atoms with van der Waals surface area (Å²) >= 11 is 0. The van der Waals surface area contributed by atoms with Gasteiger partial charge in [0.2, 0.25) is 0 Å². The highest BCUT2D eigenvalue weighted by atomic mass is 15.3. The van der Waals surface area contributed by atoms with Gasteiger partial charge in [-0.1, -0.05) is 6.92 Å². The Morgan fingerprint density at radius 1 is 1.57 bits per heavy atom. The van der Waals surface area contributed by atoms with Gasteiger partial charge in [-0.15, -0.1) is 0 Å². The first kappa shape index (κ1) is 11.2. The van der Waals surface area contributed by atoms with Crippen molar-refractivity contribution in [3.63, 3.8) is 0 Å². The van der Waals surface area contributed by atoms with Gasteiger partial charge in [-0.25, -0.2) is 0 Å². The van der Waals surface area contributed by atoms with Crippen molar-refractivity contribution in [3.8, 4) is 0 Å². The molecule has 0 spiro atoms. The van der Waals surface area contributed by atoms with Crippen molar-refractivity contribution in [1.29, 1.82) is 0 Å². The molecule has 0 aliphatic heterocycles. The number of nitrogens with one attached hydrogen (secondary N) is 1. The number of nitrogens with zero attached hydrogens (tertiary/aromatic N) is 2. The zero-order valence-electron chi connectivity index (χ0n) is 9.45. The Balaban J connectivity index is 2.20. The van der Waals surface area contributed by atoms with E-state index >= 15 is 0 Å². The molecule has 0 saturated heterocycles. The van der Waals surface area contributed by atoms with Gasteiger partial charge in [0, 0.05) is 18.8 Å². The van der Waals surface area contributed by atoms with Crippen molar-refractivity contribution < 1.29 is 0 Å². The van der Waals surface area contributed by atoms with Gasteiger partial charge in [0.25, 0.3) is 0 Å². The third-order valence-electron chi connectivity index (χ3n) is 2.31. The zero-order valence-corrected chi connectivity index (χ0v) is 9.45. The quantitative estimate of drug-likeness (QED) is 0.752. The lowest BCUT2D eigenvalue weighted by molar-refractivity contribution is 0.458. The summed E-state index contributed by atoms with van der Waals surface area (Å²) in [6.45, 7) is 8.56. The number of aromatic nitrogens is 2. The van der Waals surface area contributed by atoms with Crippen LogP contribution in [0, 0.1) is 6.92 Å². The third-order valence-corrected chi connectivity index (χ3v) is 2.31. The van der Waals surface area contributed by atoms with Crippen LogP contribution in [0.15, 0.2) is 12.3 Å². The van der Waals surface area contributed by atoms with Gasteiger partial charge in [0.15, 0.2) is 0 Å². The van der Waals surface area contributed by atoms with E-state index in [9.17, 15) is 0 Å². The lowest BCUT2D eigenvalue weighted by atomic mass is 10.2. The summed E-state index contributed by atoms with van der Waals surface area (Å²) in [6, 6.07) is 2.63. The van der Waals surface area contributed by atoms with Crippen molar-refractivity contribution in [2.45, 2.75) is 46.2 Å². The summed E-state index contributed by atoms with van der Waals surface area (Å²) in [5, 5.41) is 7.82. The predicted octanol–water partition coefficient (Wildman–Crippen LogP) is 1.97. The Kier molecular flexibility index (Phi) is 4.66. The van der Waals surface area contributed by atoms with Gasteiger partial charge >= 0.3 is 0 Å². The van der Waals surface area contributed by atoms with E-state index in [0.717, 1.165) is 25.2 Å². The van der Waals surface area contributed by atoms with Crippen LogP contribution in [0.1, 0.15) is 32.4 Å². The monoisotopic (exact) mass is 195 g/mol. The molecule has 1 heterocycles. The second kappa shape index (κ2) is 5.81. The Morgan fingerprint density at radius 3 is 2.93 bits per heavy atom. The fraction of sp³-hybridized carbons (Fsp3) is 0.727. The molecule has 0 saturated carbocycles. The number of aryl methyl sites for hydroxylation is 2. The molecule has 1 atom stereocenters. The molecule has 0 bridgehead atoms. The Morgan fingerprint density at radius 2 is 2.36 bits per heavy atom. The average molecular weight is 195 g/mol. The largest absolute Gasteiger partial charge is 0.314 e. The molecule has 0 radical (unpaired) electrons. The van der Waals surface area contributed by atoms with Crippen LogP contribution in [0.4, 0.5) is 0 Å². The maximum absolute atomic E-state index is 4.35. The van der Waals surface area contributed by atoms with Gasteiger partial charge in [-0.05, 0) is 39.3 Å². The van der Waals surface area contributed by atoms with Crippen molar-refractivity contribution in [1.82, 2.24) is 15.1 Å². The summed E-state index contributed by atoms with van der Waals surface area (Å²) < 4.78 is 2.01. The van der Waals surface area contributed by atoms with E-state index in [4.69, 9.17) is 0 Å². The SMILES string of the molecule is CCCNC(C)CCn1ccc(C)n1. The lowest BCUT2D eigenvalue weighted by Gasteiger charge is -2.12. The number of hydrogen-bond donors (Lipinski definition) is 1. The molecule has 14 heavy (non-hydrogen) atoms. The second-order valence-corrected chi connectivity index (χ2v) is 3.86. The van der Waals surface area contributed by atoms with E-state index in [1.54, 1.807) is 0 Å². The van der Waals surface area contributed by atoms with E-state index < -0.39 is 0 Å². The normalized spacial score (nSPS) is 13.1. The molecule has 1 N–H and O–H groups in total. The highest BCUT2D eigenvalue weighted by molar-refractivity contribution is 4.94. The second-order valence-electron chi connectivity index (χ2n) is 3.86. The number of hydrogen-bond acceptors (Lipinski definition) is 2. The van der Waals surface area contributed by atoms with E-state index in [2.05, 4.69) is 24.3 Å². The molecule has 1 aromatic heterocycles. The summed E-state index contributed by atoms with van der Waals surface area (Å²) in [4.78, 5) is 0. The Bertz CT molecular complexity index is 255. The third kappa shape index (κ3) is 3.92. The fourth-order valence-corrected chi connectivity index (χ4v) is 1.41. The first-order chi connectivity index (χ1) is 6.72. The zero-order chi connectivity index (χ0) is 10.4. The maximum atomic E-state index is 4.35. The molecule has 0 amide bonds. The Hall–Kier alpha value is -0.830. The van der Waals surface area contributed by atoms with Crippen molar-refractivity contribution in [3.05, 3.63) is 18.0 Å². The molecule has 0 aromatic carbocycles. The topological polar surface area (TPSA) is 29.9 Å². The summed E-state index contributed by atoms with van der Waals surface area (Å²) in [5.74, 6) is 0.